The van der Waals surface area contributed by atoms with E-state index < -0.39 is 0 Å². The van der Waals surface area contributed by atoms with Crippen LogP contribution in [-0.2, 0) is 11.2 Å². The lowest BCUT2D eigenvalue weighted by atomic mass is 9.80. The van der Waals surface area contributed by atoms with Gasteiger partial charge in [-0.25, -0.2) is 0 Å². The Labute approximate surface area is 125 Å². The molecule has 2 N–H and O–H groups in total. The summed E-state index contributed by atoms with van der Waals surface area (Å²) < 4.78 is 5.80. The van der Waals surface area contributed by atoms with Crippen LogP contribution < -0.4 is 5.73 Å². The molecule has 1 aliphatic rings. The predicted octanol–water partition coefficient (Wildman–Crippen LogP) is 2.92. The molecule has 116 valence electrons. The van der Waals surface area contributed by atoms with Crippen molar-refractivity contribution in [3.05, 3.63) is 39.9 Å². The summed E-state index contributed by atoms with van der Waals surface area (Å²) in [6, 6.07) is 6.68. The van der Waals surface area contributed by atoms with E-state index >= 15 is 0 Å². The fraction of sp³-hybridized carbons (Fsp3) is 0.625. The third-order valence-corrected chi connectivity index (χ3v) is 4.38. The number of hydrogen-bond donors (Lipinski definition) is 1. The molecule has 1 saturated carbocycles. The first kappa shape index (κ1) is 15.9. The third kappa shape index (κ3) is 4.79. The van der Waals surface area contributed by atoms with Crippen LogP contribution in [0.15, 0.2) is 24.3 Å². The predicted molar refractivity (Wildman–Crippen MR) is 82.1 cm³/mol. The van der Waals surface area contributed by atoms with Gasteiger partial charge in [-0.15, -0.1) is 0 Å². The highest BCUT2D eigenvalue weighted by molar-refractivity contribution is 5.32. The molecule has 0 radical (unpaired) electrons. The summed E-state index contributed by atoms with van der Waals surface area (Å²) in [5, 5.41) is 10.6. The summed E-state index contributed by atoms with van der Waals surface area (Å²) >= 11 is 0. The zero-order chi connectivity index (χ0) is 15.1. The maximum absolute atomic E-state index is 10.6. The van der Waals surface area contributed by atoms with E-state index in [1.54, 1.807) is 24.3 Å². The molecule has 2 unspecified atom stereocenters. The molecule has 5 nitrogen and oxygen atoms in total. The topological polar surface area (TPSA) is 78.4 Å². The Hall–Kier alpha value is -1.46. The van der Waals surface area contributed by atoms with E-state index in [0.717, 1.165) is 25.1 Å². The van der Waals surface area contributed by atoms with Crippen LogP contribution in [0.4, 0.5) is 5.69 Å². The first-order valence-electron chi connectivity index (χ1n) is 7.72. The second-order valence-electron chi connectivity index (χ2n) is 5.79. The highest BCUT2D eigenvalue weighted by atomic mass is 16.6. The molecule has 0 aromatic heterocycles. The minimum absolute atomic E-state index is 0.132. The summed E-state index contributed by atoms with van der Waals surface area (Å²) in [7, 11) is 0. The van der Waals surface area contributed by atoms with Crippen LogP contribution >= 0.6 is 0 Å². The van der Waals surface area contributed by atoms with Crippen LogP contribution in [0.3, 0.4) is 0 Å². The maximum Gasteiger partial charge on any atom is 0.269 e. The number of rotatable bonds is 7. The van der Waals surface area contributed by atoms with E-state index in [-0.39, 0.29) is 10.6 Å². The van der Waals surface area contributed by atoms with Crippen molar-refractivity contribution in [3.63, 3.8) is 0 Å². The summed E-state index contributed by atoms with van der Waals surface area (Å²) in [4.78, 5) is 10.2. The van der Waals surface area contributed by atoms with E-state index in [0.29, 0.717) is 18.4 Å². The zero-order valence-electron chi connectivity index (χ0n) is 12.4. The molecule has 0 spiro atoms. The molecule has 0 heterocycles. The van der Waals surface area contributed by atoms with Crippen LogP contribution in [0.5, 0.6) is 0 Å². The molecular formula is C16H24N2O3. The van der Waals surface area contributed by atoms with Gasteiger partial charge in [0.05, 0.1) is 11.5 Å². The van der Waals surface area contributed by atoms with Crippen molar-refractivity contribution in [1.29, 1.82) is 0 Å². The van der Waals surface area contributed by atoms with Crippen LogP contribution in [-0.4, -0.2) is 24.7 Å². The first-order chi connectivity index (χ1) is 10.2. The number of nitro benzene ring substituents is 1. The van der Waals surface area contributed by atoms with E-state index in [1.165, 1.54) is 25.7 Å². The quantitative estimate of drug-likeness (QED) is 0.476. The number of benzene rings is 1. The average Bonchev–Trinajstić information content (AvgIpc) is 2.52. The van der Waals surface area contributed by atoms with Gasteiger partial charge in [0.1, 0.15) is 0 Å². The SMILES string of the molecule is NCC1CCCCC1COCCc1ccc([N+](=O)[O-])cc1. The fourth-order valence-corrected chi connectivity index (χ4v) is 3.02. The van der Waals surface area contributed by atoms with Gasteiger partial charge >= 0.3 is 0 Å². The van der Waals surface area contributed by atoms with Gasteiger partial charge in [0.2, 0.25) is 0 Å². The van der Waals surface area contributed by atoms with Crippen LogP contribution in [0.25, 0.3) is 0 Å². The first-order valence-corrected chi connectivity index (χ1v) is 7.72. The van der Waals surface area contributed by atoms with Crippen molar-refractivity contribution in [3.8, 4) is 0 Å². The van der Waals surface area contributed by atoms with Gasteiger partial charge in [-0.2, -0.15) is 0 Å². The molecule has 0 aliphatic heterocycles. The molecule has 1 fully saturated rings. The number of non-ortho nitro benzene ring substituents is 1. The molecule has 1 aromatic carbocycles. The smallest absolute Gasteiger partial charge is 0.269 e. The lowest BCUT2D eigenvalue weighted by molar-refractivity contribution is -0.384. The van der Waals surface area contributed by atoms with Crippen molar-refractivity contribution < 1.29 is 9.66 Å². The molecule has 2 atom stereocenters. The highest BCUT2D eigenvalue weighted by Gasteiger charge is 2.23. The Morgan fingerprint density at radius 2 is 1.86 bits per heavy atom. The molecule has 2 rings (SSSR count). The Morgan fingerprint density at radius 3 is 2.48 bits per heavy atom. The second kappa shape index (κ2) is 8.10. The van der Waals surface area contributed by atoms with Crippen molar-refractivity contribution in [1.82, 2.24) is 0 Å². The summed E-state index contributed by atoms with van der Waals surface area (Å²) in [6.45, 7) is 2.21. The van der Waals surface area contributed by atoms with Crippen molar-refractivity contribution in [2.75, 3.05) is 19.8 Å². The van der Waals surface area contributed by atoms with E-state index in [1.807, 2.05) is 0 Å². The van der Waals surface area contributed by atoms with Gasteiger partial charge in [0.15, 0.2) is 0 Å². The van der Waals surface area contributed by atoms with Crippen molar-refractivity contribution in [2.45, 2.75) is 32.1 Å². The second-order valence-corrected chi connectivity index (χ2v) is 5.79. The van der Waals surface area contributed by atoms with Gasteiger partial charge in [-0.05, 0) is 43.2 Å². The summed E-state index contributed by atoms with van der Waals surface area (Å²) in [6.07, 6.45) is 5.82. The van der Waals surface area contributed by atoms with Crippen molar-refractivity contribution >= 4 is 5.69 Å². The summed E-state index contributed by atoms with van der Waals surface area (Å²) in [5.41, 5.74) is 7.02. The number of ether oxygens (including phenoxy) is 1. The minimum Gasteiger partial charge on any atom is -0.381 e. The number of nitrogens with two attached hydrogens (primary N) is 1. The Balaban J connectivity index is 1.70. The van der Waals surface area contributed by atoms with Gasteiger partial charge in [-0.3, -0.25) is 10.1 Å². The third-order valence-electron chi connectivity index (χ3n) is 4.38. The minimum atomic E-state index is -0.379. The molecule has 21 heavy (non-hydrogen) atoms. The molecule has 1 aromatic rings. The van der Waals surface area contributed by atoms with Crippen LogP contribution in [0.1, 0.15) is 31.2 Å². The lowest BCUT2D eigenvalue weighted by Gasteiger charge is -2.30. The zero-order valence-corrected chi connectivity index (χ0v) is 12.4. The lowest BCUT2D eigenvalue weighted by Crippen LogP contribution is -2.30. The van der Waals surface area contributed by atoms with E-state index in [4.69, 9.17) is 10.5 Å². The standard InChI is InChI=1S/C16H24N2O3/c17-11-14-3-1-2-4-15(14)12-21-10-9-13-5-7-16(8-6-13)18(19)20/h5-8,14-15H,1-4,9-12,17H2. The van der Waals surface area contributed by atoms with Gasteiger partial charge in [0, 0.05) is 18.7 Å². The monoisotopic (exact) mass is 292 g/mol. The molecule has 5 heteroatoms. The Bertz CT molecular complexity index is 447. The largest absolute Gasteiger partial charge is 0.381 e. The molecule has 1 aliphatic carbocycles. The normalized spacial score (nSPS) is 22.1. The number of nitro groups is 1. The Morgan fingerprint density at radius 1 is 1.19 bits per heavy atom. The maximum atomic E-state index is 10.6. The molecule has 0 bridgehead atoms. The average molecular weight is 292 g/mol. The van der Waals surface area contributed by atoms with Gasteiger partial charge in [-0.1, -0.05) is 25.0 Å². The number of hydrogen-bond acceptors (Lipinski definition) is 4. The molecule has 0 amide bonds. The highest BCUT2D eigenvalue weighted by Crippen LogP contribution is 2.29. The van der Waals surface area contributed by atoms with Gasteiger partial charge < -0.3 is 10.5 Å². The molecular weight excluding hydrogens is 268 g/mol. The van der Waals surface area contributed by atoms with Crippen LogP contribution in [0.2, 0.25) is 0 Å². The number of nitrogens with zero attached hydrogens (tertiary/aromatic N) is 1. The Kier molecular flexibility index (Phi) is 6.14. The summed E-state index contributed by atoms with van der Waals surface area (Å²) in [5.74, 6) is 1.21. The molecule has 0 saturated heterocycles. The fourth-order valence-electron chi connectivity index (χ4n) is 3.02. The van der Waals surface area contributed by atoms with Crippen molar-refractivity contribution in [2.24, 2.45) is 17.6 Å². The van der Waals surface area contributed by atoms with Crippen LogP contribution in [0, 0.1) is 22.0 Å². The van der Waals surface area contributed by atoms with E-state index in [9.17, 15) is 10.1 Å². The van der Waals surface area contributed by atoms with E-state index in [2.05, 4.69) is 0 Å². The van der Waals surface area contributed by atoms with Gasteiger partial charge in [0.25, 0.3) is 5.69 Å².